The van der Waals surface area contributed by atoms with Gasteiger partial charge in [0.1, 0.15) is 0 Å². The average molecular weight is 158 g/mol. The monoisotopic (exact) mass is 158 g/mol. The van der Waals surface area contributed by atoms with Gasteiger partial charge in [-0.15, -0.1) is 0 Å². The molecule has 1 heteroatoms. The number of rotatable bonds is 4. The first-order chi connectivity index (χ1) is 4.88. The maximum absolute atomic E-state index is 2.30. The predicted octanol–water partition coefficient (Wildman–Crippen LogP) is 3.32. The third-order valence-electron chi connectivity index (χ3n) is 2.39. The first-order valence-electron chi connectivity index (χ1n) is 4.50. The van der Waals surface area contributed by atoms with Crippen molar-refractivity contribution >= 4 is 11.8 Å². The first kappa shape index (κ1) is 8.45. The zero-order valence-corrected chi connectivity index (χ0v) is 7.91. The minimum Gasteiger partial charge on any atom is -0.159 e. The van der Waals surface area contributed by atoms with Crippen LogP contribution in [-0.4, -0.2) is 11.0 Å². The lowest BCUT2D eigenvalue weighted by molar-refractivity contribution is 0.308. The van der Waals surface area contributed by atoms with Crippen LogP contribution in [0.1, 0.15) is 39.5 Å². The molecule has 60 valence electrons. The smallest absolute Gasteiger partial charge is 0.00753 e. The van der Waals surface area contributed by atoms with E-state index in [0.717, 1.165) is 11.2 Å². The van der Waals surface area contributed by atoms with Crippen LogP contribution in [0.3, 0.4) is 0 Å². The van der Waals surface area contributed by atoms with Gasteiger partial charge in [0, 0.05) is 5.25 Å². The average Bonchev–Trinajstić information content (AvgIpc) is 1.93. The summed E-state index contributed by atoms with van der Waals surface area (Å²) in [7, 11) is 0. The topological polar surface area (TPSA) is 0 Å². The minimum atomic E-state index is 1.03. The molecule has 0 aromatic carbocycles. The molecule has 0 saturated heterocycles. The molecule has 0 amide bonds. The fraction of sp³-hybridized carbons (Fsp3) is 1.00. The normalized spacial score (nSPS) is 31.8. The second-order valence-electron chi connectivity index (χ2n) is 3.12. The highest BCUT2D eigenvalue weighted by Gasteiger charge is 2.29. The van der Waals surface area contributed by atoms with Gasteiger partial charge >= 0.3 is 0 Å². The van der Waals surface area contributed by atoms with E-state index in [9.17, 15) is 0 Å². The molecule has 0 N–H and O–H groups in total. The van der Waals surface area contributed by atoms with E-state index >= 15 is 0 Å². The molecule has 0 nitrogen and oxygen atoms in total. The third-order valence-corrected chi connectivity index (χ3v) is 3.77. The molecule has 1 fully saturated rings. The SMILES string of the molecule is CCCC1CCC1SCC. The molecule has 2 atom stereocenters. The number of hydrogen-bond donors (Lipinski definition) is 0. The van der Waals surface area contributed by atoms with E-state index in [2.05, 4.69) is 25.6 Å². The number of hydrogen-bond acceptors (Lipinski definition) is 1. The van der Waals surface area contributed by atoms with Crippen LogP contribution in [0.2, 0.25) is 0 Å². The molecule has 0 bridgehead atoms. The Kier molecular flexibility index (Phi) is 3.61. The highest BCUT2D eigenvalue weighted by Crippen LogP contribution is 2.39. The molecule has 0 heterocycles. The van der Waals surface area contributed by atoms with Crippen molar-refractivity contribution in [1.82, 2.24) is 0 Å². The van der Waals surface area contributed by atoms with Crippen molar-refractivity contribution in [3.63, 3.8) is 0 Å². The van der Waals surface area contributed by atoms with Gasteiger partial charge in [0.25, 0.3) is 0 Å². The molecule has 1 aliphatic rings. The summed E-state index contributed by atoms with van der Waals surface area (Å²) in [4.78, 5) is 0. The van der Waals surface area contributed by atoms with Crippen molar-refractivity contribution < 1.29 is 0 Å². The minimum absolute atomic E-state index is 1.03. The van der Waals surface area contributed by atoms with Crippen LogP contribution in [-0.2, 0) is 0 Å². The summed E-state index contributed by atoms with van der Waals surface area (Å²) in [6.45, 7) is 4.57. The van der Waals surface area contributed by atoms with Crippen LogP contribution in [0.15, 0.2) is 0 Å². The maximum atomic E-state index is 2.30. The molecule has 0 aromatic heterocycles. The summed E-state index contributed by atoms with van der Waals surface area (Å²) in [5.41, 5.74) is 0. The highest BCUT2D eigenvalue weighted by atomic mass is 32.2. The molecule has 0 aromatic rings. The second kappa shape index (κ2) is 4.27. The first-order valence-corrected chi connectivity index (χ1v) is 5.55. The van der Waals surface area contributed by atoms with Gasteiger partial charge in [0.05, 0.1) is 0 Å². The van der Waals surface area contributed by atoms with Gasteiger partial charge in [-0.1, -0.05) is 20.3 Å². The highest BCUT2D eigenvalue weighted by molar-refractivity contribution is 7.99. The van der Waals surface area contributed by atoms with Crippen molar-refractivity contribution in [2.24, 2.45) is 5.92 Å². The van der Waals surface area contributed by atoms with Crippen LogP contribution >= 0.6 is 11.8 Å². The van der Waals surface area contributed by atoms with E-state index in [-0.39, 0.29) is 0 Å². The predicted molar refractivity (Wildman–Crippen MR) is 49.6 cm³/mol. The lowest BCUT2D eigenvalue weighted by Gasteiger charge is -2.35. The third kappa shape index (κ3) is 1.91. The molecular weight excluding hydrogens is 140 g/mol. The van der Waals surface area contributed by atoms with Crippen molar-refractivity contribution in [2.45, 2.75) is 44.8 Å². The summed E-state index contributed by atoms with van der Waals surface area (Å²) < 4.78 is 0. The lowest BCUT2D eigenvalue weighted by Crippen LogP contribution is -2.28. The largest absolute Gasteiger partial charge is 0.159 e. The van der Waals surface area contributed by atoms with Gasteiger partial charge in [-0.3, -0.25) is 0 Å². The van der Waals surface area contributed by atoms with Crippen LogP contribution < -0.4 is 0 Å². The molecule has 0 spiro atoms. The van der Waals surface area contributed by atoms with E-state index in [1.54, 1.807) is 0 Å². The Balaban J connectivity index is 2.09. The Morgan fingerprint density at radius 1 is 1.30 bits per heavy atom. The number of thioether (sulfide) groups is 1. The van der Waals surface area contributed by atoms with Crippen molar-refractivity contribution in [3.05, 3.63) is 0 Å². The molecule has 0 aliphatic heterocycles. The Morgan fingerprint density at radius 3 is 2.50 bits per heavy atom. The van der Waals surface area contributed by atoms with Crippen LogP contribution in [0.4, 0.5) is 0 Å². The summed E-state index contributed by atoms with van der Waals surface area (Å²) in [6.07, 6.45) is 5.85. The van der Waals surface area contributed by atoms with E-state index in [1.165, 1.54) is 31.4 Å². The van der Waals surface area contributed by atoms with Gasteiger partial charge in [0.15, 0.2) is 0 Å². The summed E-state index contributed by atoms with van der Waals surface area (Å²) in [5, 5.41) is 1.03. The Morgan fingerprint density at radius 2 is 2.10 bits per heavy atom. The van der Waals surface area contributed by atoms with Crippen molar-refractivity contribution in [3.8, 4) is 0 Å². The fourth-order valence-corrected chi connectivity index (χ4v) is 2.95. The molecule has 10 heavy (non-hydrogen) atoms. The van der Waals surface area contributed by atoms with Crippen LogP contribution in [0, 0.1) is 5.92 Å². The summed E-state index contributed by atoms with van der Waals surface area (Å²) >= 11 is 2.17. The molecule has 1 rings (SSSR count). The van der Waals surface area contributed by atoms with Gasteiger partial charge in [-0.2, -0.15) is 11.8 Å². The standard InChI is InChI=1S/C9H18S/c1-3-5-8-6-7-9(8)10-4-2/h8-9H,3-7H2,1-2H3. The lowest BCUT2D eigenvalue weighted by atomic mass is 9.81. The van der Waals surface area contributed by atoms with Crippen molar-refractivity contribution in [1.29, 1.82) is 0 Å². The van der Waals surface area contributed by atoms with E-state index in [1.807, 2.05) is 0 Å². The van der Waals surface area contributed by atoms with Gasteiger partial charge in [0.2, 0.25) is 0 Å². The Labute approximate surface area is 68.8 Å². The Bertz CT molecular complexity index is 78.7. The van der Waals surface area contributed by atoms with Crippen LogP contribution in [0.5, 0.6) is 0 Å². The molecular formula is C9H18S. The molecule has 1 aliphatic carbocycles. The van der Waals surface area contributed by atoms with Gasteiger partial charge in [-0.05, 0) is 30.9 Å². The fourth-order valence-electron chi connectivity index (χ4n) is 1.67. The van der Waals surface area contributed by atoms with Crippen molar-refractivity contribution in [2.75, 3.05) is 5.75 Å². The summed E-state index contributed by atoms with van der Waals surface area (Å²) in [5.74, 6) is 2.39. The molecule has 2 unspecified atom stereocenters. The molecule has 1 saturated carbocycles. The maximum Gasteiger partial charge on any atom is 0.00753 e. The van der Waals surface area contributed by atoms with Crippen LogP contribution in [0.25, 0.3) is 0 Å². The second-order valence-corrected chi connectivity index (χ2v) is 4.64. The zero-order valence-electron chi connectivity index (χ0n) is 7.10. The molecule has 0 radical (unpaired) electrons. The van der Waals surface area contributed by atoms with Gasteiger partial charge < -0.3 is 0 Å². The van der Waals surface area contributed by atoms with E-state index in [0.29, 0.717) is 0 Å². The Hall–Kier alpha value is 0.350. The van der Waals surface area contributed by atoms with E-state index < -0.39 is 0 Å². The quantitative estimate of drug-likeness (QED) is 0.605. The van der Waals surface area contributed by atoms with E-state index in [4.69, 9.17) is 0 Å². The van der Waals surface area contributed by atoms with Gasteiger partial charge in [-0.25, -0.2) is 0 Å². The summed E-state index contributed by atoms with van der Waals surface area (Å²) in [6, 6.07) is 0. The zero-order chi connectivity index (χ0) is 7.40.